The molecule has 0 aliphatic carbocycles. The van der Waals surface area contributed by atoms with Crippen molar-refractivity contribution in [2.45, 2.75) is 0 Å². The molecule has 2 aromatic carbocycles. The van der Waals surface area contributed by atoms with E-state index in [1.807, 2.05) is 18.2 Å². The first-order chi connectivity index (χ1) is 15.0. The summed E-state index contributed by atoms with van der Waals surface area (Å²) >= 11 is 0. The van der Waals surface area contributed by atoms with Crippen LogP contribution in [0.15, 0.2) is 52.4 Å². The average Bonchev–Trinajstić information content (AvgIpc) is 3.14. The summed E-state index contributed by atoms with van der Waals surface area (Å²) in [6.07, 6.45) is 1.56. The van der Waals surface area contributed by atoms with Gasteiger partial charge in [-0.2, -0.15) is 5.10 Å². The third-order valence-corrected chi connectivity index (χ3v) is 4.90. The Hall–Kier alpha value is -4.27. The van der Waals surface area contributed by atoms with Crippen molar-refractivity contribution in [3.63, 3.8) is 0 Å². The highest BCUT2D eigenvalue weighted by Crippen LogP contribution is 2.34. The zero-order chi connectivity index (χ0) is 22.1. The normalized spacial score (nSPS) is 13.1. The summed E-state index contributed by atoms with van der Waals surface area (Å²) in [6, 6.07) is 12.4. The van der Waals surface area contributed by atoms with Gasteiger partial charge in [-0.3, -0.25) is 15.2 Å². The number of hydrogen-bond acceptors (Lipinski definition) is 7. The highest BCUT2D eigenvalue weighted by atomic mass is 16.5. The average molecular weight is 420 g/mol. The van der Waals surface area contributed by atoms with Gasteiger partial charge in [-0.25, -0.2) is 5.01 Å². The smallest absolute Gasteiger partial charge is 0.260 e. The maximum Gasteiger partial charge on any atom is 0.260 e. The molecule has 158 valence electrons. The number of nitrogens with zero attached hydrogens (tertiary/aromatic N) is 2. The first-order valence-electron chi connectivity index (χ1n) is 9.28. The number of fused-ring (bicyclic) bond motifs is 1. The first-order valence-corrected chi connectivity index (χ1v) is 9.28. The summed E-state index contributed by atoms with van der Waals surface area (Å²) in [6.45, 7) is 0. The quantitative estimate of drug-likeness (QED) is 0.573. The molecule has 0 unspecified atom stereocenters. The van der Waals surface area contributed by atoms with Crippen LogP contribution in [0, 0.1) is 5.41 Å². The Kier molecular flexibility index (Phi) is 5.08. The molecular weight excluding hydrogens is 400 g/mol. The van der Waals surface area contributed by atoms with E-state index in [0.717, 1.165) is 0 Å². The second-order valence-electron chi connectivity index (χ2n) is 6.63. The number of aromatic nitrogens is 1. The van der Waals surface area contributed by atoms with Gasteiger partial charge in [-0.05, 0) is 18.2 Å². The molecule has 3 aromatic rings. The van der Waals surface area contributed by atoms with Gasteiger partial charge in [-0.1, -0.05) is 18.2 Å². The molecule has 0 radical (unpaired) electrons. The Morgan fingerprint density at radius 1 is 1.06 bits per heavy atom. The molecule has 2 heterocycles. The lowest BCUT2D eigenvalue weighted by Gasteiger charge is -2.13. The lowest BCUT2D eigenvalue weighted by Crippen LogP contribution is -2.42. The maximum absolute atomic E-state index is 12.8. The van der Waals surface area contributed by atoms with E-state index in [0.29, 0.717) is 28.5 Å². The van der Waals surface area contributed by atoms with Gasteiger partial charge in [0, 0.05) is 12.1 Å². The molecule has 3 N–H and O–H groups in total. The molecule has 31 heavy (non-hydrogen) atoms. The van der Waals surface area contributed by atoms with Crippen LogP contribution in [-0.2, 0) is 0 Å². The van der Waals surface area contributed by atoms with Crippen molar-refractivity contribution < 1.29 is 19.3 Å². The Labute approximate surface area is 177 Å². The predicted molar refractivity (Wildman–Crippen MR) is 115 cm³/mol. The first kappa shape index (κ1) is 20.0. The van der Waals surface area contributed by atoms with Gasteiger partial charge in [0.05, 0.1) is 37.8 Å². The van der Waals surface area contributed by atoms with Crippen molar-refractivity contribution in [2.75, 3.05) is 26.3 Å². The summed E-state index contributed by atoms with van der Waals surface area (Å²) in [7, 11) is 4.51. The number of nitrogens with one attached hydrogen (secondary N) is 2. The third kappa shape index (κ3) is 3.35. The zero-order valence-electron chi connectivity index (χ0n) is 17.1. The molecule has 0 bridgehead atoms. The Balaban J connectivity index is 2.03. The zero-order valence-corrected chi connectivity index (χ0v) is 17.1. The van der Waals surface area contributed by atoms with E-state index < -0.39 is 11.4 Å². The van der Waals surface area contributed by atoms with Crippen molar-refractivity contribution in [3.05, 3.63) is 74.5 Å². The van der Waals surface area contributed by atoms with Crippen LogP contribution in [0.3, 0.4) is 0 Å². The van der Waals surface area contributed by atoms with Crippen LogP contribution in [0.2, 0.25) is 0 Å². The molecule has 1 aliphatic heterocycles. The SMILES string of the molecule is COc1cc(OC)c(C=c2c(=O)[nH]c(O)c3c2=NN(c2ccccc2)C3=N)c(OC)c1. The fourth-order valence-electron chi connectivity index (χ4n) is 3.38. The number of pyridine rings is 1. The second-order valence-corrected chi connectivity index (χ2v) is 6.63. The number of rotatable bonds is 5. The van der Waals surface area contributed by atoms with Crippen molar-refractivity contribution in [1.82, 2.24) is 4.98 Å². The van der Waals surface area contributed by atoms with Crippen LogP contribution < -0.4 is 35.4 Å². The van der Waals surface area contributed by atoms with Gasteiger partial charge in [0.1, 0.15) is 28.2 Å². The van der Waals surface area contributed by atoms with Crippen molar-refractivity contribution in [1.29, 1.82) is 5.41 Å². The number of aromatic hydroxyl groups is 1. The highest BCUT2D eigenvalue weighted by Gasteiger charge is 2.27. The molecule has 0 spiro atoms. The van der Waals surface area contributed by atoms with Crippen molar-refractivity contribution >= 4 is 17.6 Å². The fourth-order valence-corrected chi connectivity index (χ4v) is 3.38. The minimum Gasteiger partial charge on any atom is -0.496 e. The third-order valence-electron chi connectivity index (χ3n) is 4.90. The second kappa shape index (κ2) is 7.86. The summed E-state index contributed by atoms with van der Waals surface area (Å²) < 4.78 is 16.2. The van der Waals surface area contributed by atoms with E-state index in [2.05, 4.69) is 10.1 Å². The van der Waals surface area contributed by atoms with Gasteiger partial charge in [0.25, 0.3) is 5.56 Å². The van der Waals surface area contributed by atoms with Crippen LogP contribution in [-0.4, -0.2) is 37.3 Å². The van der Waals surface area contributed by atoms with Crippen LogP contribution in [0.5, 0.6) is 23.1 Å². The van der Waals surface area contributed by atoms with E-state index in [1.165, 1.54) is 26.3 Å². The number of ether oxygens (including phenoxy) is 3. The predicted octanol–water partition coefficient (Wildman–Crippen LogP) is 1.32. The topological polar surface area (TPSA) is 120 Å². The van der Waals surface area contributed by atoms with Crippen molar-refractivity contribution in [2.24, 2.45) is 5.10 Å². The number of hydrogen-bond donors (Lipinski definition) is 3. The van der Waals surface area contributed by atoms with E-state index in [9.17, 15) is 9.90 Å². The van der Waals surface area contributed by atoms with Crippen LogP contribution in [0.4, 0.5) is 5.69 Å². The number of aromatic amines is 1. The van der Waals surface area contributed by atoms with E-state index >= 15 is 0 Å². The van der Waals surface area contributed by atoms with Gasteiger partial charge in [0.15, 0.2) is 5.84 Å². The Morgan fingerprint density at radius 2 is 1.71 bits per heavy atom. The molecule has 0 fully saturated rings. The molecule has 9 heteroatoms. The minimum absolute atomic E-state index is 0.0572. The van der Waals surface area contributed by atoms with E-state index in [1.54, 1.807) is 30.3 Å². The van der Waals surface area contributed by atoms with Gasteiger partial charge >= 0.3 is 0 Å². The molecule has 1 aliphatic rings. The molecule has 0 atom stereocenters. The standard InChI is InChI=1S/C22H20N4O5/c1-29-13-9-16(30-2)14(17(10-13)31-3)11-15-19-18(22(28)24-21(15)27)20(23)26(25-19)12-7-5-4-6-8-12/h4-11,23,28H,1-3H3,(H,24,27). The van der Waals surface area contributed by atoms with Crippen LogP contribution >= 0.6 is 0 Å². The molecule has 0 amide bonds. The van der Waals surface area contributed by atoms with Gasteiger partial charge < -0.3 is 19.3 Å². The monoisotopic (exact) mass is 420 g/mol. The van der Waals surface area contributed by atoms with Crippen LogP contribution in [0.1, 0.15) is 11.1 Å². The number of amidine groups is 1. The highest BCUT2D eigenvalue weighted by molar-refractivity contribution is 6.10. The molecule has 9 nitrogen and oxygen atoms in total. The Morgan fingerprint density at radius 3 is 2.29 bits per heavy atom. The largest absolute Gasteiger partial charge is 0.496 e. The van der Waals surface area contributed by atoms with Gasteiger partial charge in [-0.15, -0.1) is 0 Å². The number of H-pyrrole nitrogens is 1. The number of anilines is 1. The fraction of sp³-hybridized carbons (Fsp3) is 0.136. The van der Waals surface area contributed by atoms with Gasteiger partial charge in [0.2, 0.25) is 5.88 Å². The molecule has 4 rings (SSSR count). The minimum atomic E-state index is -0.567. The lowest BCUT2D eigenvalue weighted by atomic mass is 10.1. The molecule has 1 aromatic heterocycles. The lowest BCUT2D eigenvalue weighted by molar-refractivity contribution is 0.374. The molecule has 0 saturated carbocycles. The summed E-state index contributed by atoms with van der Waals surface area (Å²) in [5, 5.41) is 25.0. The summed E-state index contributed by atoms with van der Waals surface area (Å²) in [4.78, 5) is 15.2. The Bertz CT molecular complexity index is 1320. The van der Waals surface area contributed by atoms with Crippen LogP contribution in [0.25, 0.3) is 6.08 Å². The van der Waals surface area contributed by atoms with E-state index in [4.69, 9.17) is 19.6 Å². The molecule has 0 saturated heterocycles. The summed E-state index contributed by atoms with van der Waals surface area (Å²) in [5.41, 5.74) is 0.675. The van der Waals surface area contributed by atoms with Crippen molar-refractivity contribution in [3.8, 4) is 23.1 Å². The number of benzene rings is 2. The maximum atomic E-state index is 12.8. The van der Waals surface area contributed by atoms with E-state index in [-0.39, 0.29) is 22.0 Å². The number of methoxy groups -OCH3 is 3. The summed E-state index contributed by atoms with van der Waals surface area (Å²) in [5.74, 6) is 0.893. The molecular formula is C22H20N4O5. The number of para-hydroxylation sites is 1.